The van der Waals surface area contributed by atoms with Crippen molar-refractivity contribution in [3.8, 4) is 0 Å². The third-order valence-electron chi connectivity index (χ3n) is 5.12. The number of rotatable bonds is 8. The summed E-state index contributed by atoms with van der Waals surface area (Å²) in [5.41, 5.74) is 3.53. The summed E-state index contributed by atoms with van der Waals surface area (Å²) in [4.78, 5) is 21.6. The van der Waals surface area contributed by atoms with Gasteiger partial charge in [-0.15, -0.1) is 11.3 Å². The van der Waals surface area contributed by atoms with Gasteiger partial charge in [-0.1, -0.05) is 26.0 Å². The average Bonchev–Trinajstić information content (AvgIpc) is 3.14. The largest absolute Gasteiger partial charge is 0.369 e. The zero-order chi connectivity index (χ0) is 19.9. The van der Waals surface area contributed by atoms with Gasteiger partial charge < -0.3 is 10.2 Å². The number of carbonyl (C=O) groups is 1. The molecule has 1 aliphatic rings. The number of anilines is 1. The van der Waals surface area contributed by atoms with Gasteiger partial charge in [-0.05, 0) is 37.6 Å². The lowest BCUT2D eigenvalue weighted by molar-refractivity contribution is -0.120. The molecule has 28 heavy (non-hydrogen) atoms. The SMILES string of the molecule is Cc1cccc(N2CCN(CCCNC(=O)Cc3csc(C(C)C)n3)CC2)c1. The number of nitrogens with zero attached hydrogens (tertiary/aromatic N) is 3. The molecule has 0 unspecified atom stereocenters. The predicted octanol–water partition coefficient (Wildman–Crippen LogP) is 3.45. The van der Waals surface area contributed by atoms with Gasteiger partial charge in [0.25, 0.3) is 0 Å². The number of nitrogens with one attached hydrogen (secondary N) is 1. The Bertz CT molecular complexity index is 765. The molecule has 0 spiro atoms. The highest BCUT2D eigenvalue weighted by Gasteiger charge is 2.17. The first-order chi connectivity index (χ1) is 13.5. The van der Waals surface area contributed by atoms with Crippen LogP contribution in [0.2, 0.25) is 0 Å². The summed E-state index contributed by atoms with van der Waals surface area (Å²) in [6.45, 7) is 12.5. The standard InChI is InChI=1S/C22H32N4OS/c1-17(2)22-24-19(16-28-22)15-21(27)23-8-5-9-25-10-12-26(13-11-25)20-7-4-6-18(3)14-20/h4,6-7,14,16-17H,5,8-13,15H2,1-3H3,(H,23,27). The normalized spacial score (nSPS) is 15.2. The molecule has 1 amide bonds. The van der Waals surface area contributed by atoms with Gasteiger partial charge in [0, 0.05) is 49.7 Å². The van der Waals surface area contributed by atoms with Gasteiger partial charge in [0.2, 0.25) is 5.91 Å². The van der Waals surface area contributed by atoms with Crippen LogP contribution in [0.25, 0.3) is 0 Å². The Morgan fingerprint density at radius 2 is 2.04 bits per heavy atom. The number of piperazine rings is 1. The van der Waals surface area contributed by atoms with Crippen LogP contribution in [0.5, 0.6) is 0 Å². The van der Waals surface area contributed by atoms with E-state index in [2.05, 4.69) is 65.1 Å². The van der Waals surface area contributed by atoms with Gasteiger partial charge in [-0.3, -0.25) is 9.69 Å². The topological polar surface area (TPSA) is 48.5 Å². The van der Waals surface area contributed by atoms with Crippen LogP contribution in [0.15, 0.2) is 29.6 Å². The number of benzene rings is 1. The molecule has 3 rings (SSSR count). The van der Waals surface area contributed by atoms with E-state index in [0.29, 0.717) is 12.3 Å². The van der Waals surface area contributed by atoms with Gasteiger partial charge in [0.1, 0.15) is 0 Å². The van der Waals surface area contributed by atoms with E-state index in [4.69, 9.17) is 0 Å². The number of thiazole rings is 1. The summed E-state index contributed by atoms with van der Waals surface area (Å²) in [6.07, 6.45) is 1.38. The van der Waals surface area contributed by atoms with Crippen molar-refractivity contribution < 1.29 is 4.79 Å². The van der Waals surface area contributed by atoms with Crippen LogP contribution in [0.3, 0.4) is 0 Å². The highest BCUT2D eigenvalue weighted by molar-refractivity contribution is 7.09. The van der Waals surface area contributed by atoms with E-state index in [1.54, 1.807) is 11.3 Å². The minimum atomic E-state index is 0.0740. The van der Waals surface area contributed by atoms with Gasteiger partial charge in [-0.2, -0.15) is 0 Å². The first-order valence-electron chi connectivity index (χ1n) is 10.3. The van der Waals surface area contributed by atoms with Crippen LogP contribution in [0, 0.1) is 6.92 Å². The third-order valence-corrected chi connectivity index (χ3v) is 6.31. The van der Waals surface area contributed by atoms with E-state index in [9.17, 15) is 4.79 Å². The maximum Gasteiger partial charge on any atom is 0.226 e. The number of hydrogen-bond donors (Lipinski definition) is 1. The Hall–Kier alpha value is -1.92. The smallest absolute Gasteiger partial charge is 0.226 e. The van der Waals surface area contributed by atoms with Gasteiger partial charge in [0.15, 0.2) is 0 Å². The van der Waals surface area contributed by atoms with Crippen molar-refractivity contribution in [2.75, 3.05) is 44.2 Å². The quantitative estimate of drug-likeness (QED) is 0.690. The van der Waals surface area contributed by atoms with E-state index in [1.807, 2.05) is 5.38 Å². The maximum atomic E-state index is 12.1. The van der Waals surface area contributed by atoms with Crippen LogP contribution in [-0.2, 0) is 11.2 Å². The molecule has 5 nitrogen and oxygen atoms in total. The van der Waals surface area contributed by atoms with Crippen molar-refractivity contribution >= 4 is 22.9 Å². The number of hydrogen-bond acceptors (Lipinski definition) is 5. The summed E-state index contributed by atoms with van der Waals surface area (Å²) in [5, 5.41) is 6.15. The molecular weight excluding hydrogens is 368 g/mol. The lowest BCUT2D eigenvalue weighted by atomic mass is 10.2. The van der Waals surface area contributed by atoms with E-state index in [-0.39, 0.29) is 5.91 Å². The van der Waals surface area contributed by atoms with Gasteiger partial charge in [0.05, 0.1) is 17.1 Å². The Morgan fingerprint density at radius 3 is 2.71 bits per heavy atom. The van der Waals surface area contributed by atoms with Gasteiger partial charge >= 0.3 is 0 Å². The number of amides is 1. The molecule has 1 aromatic carbocycles. The fraction of sp³-hybridized carbons (Fsp3) is 0.545. The Labute approximate surface area is 172 Å². The molecule has 0 bridgehead atoms. The lowest BCUT2D eigenvalue weighted by Gasteiger charge is -2.36. The number of carbonyl (C=O) groups excluding carboxylic acids is 1. The molecule has 1 aliphatic heterocycles. The van der Waals surface area contributed by atoms with E-state index < -0.39 is 0 Å². The summed E-state index contributed by atoms with van der Waals surface area (Å²) in [7, 11) is 0. The average molecular weight is 401 g/mol. The maximum absolute atomic E-state index is 12.1. The second kappa shape index (κ2) is 10.0. The zero-order valence-corrected chi connectivity index (χ0v) is 18.1. The summed E-state index contributed by atoms with van der Waals surface area (Å²) in [6, 6.07) is 8.74. The van der Waals surface area contributed by atoms with Crippen molar-refractivity contribution in [3.05, 3.63) is 45.9 Å². The highest BCUT2D eigenvalue weighted by Crippen LogP contribution is 2.19. The first-order valence-corrected chi connectivity index (χ1v) is 11.1. The van der Waals surface area contributed by atoms with Crippen molar-refractivity contribution in [1.29, 1.82) is 0 Å². The molecule has 0 aliphatic carbocycles. The second-order valence-corrected chi connectivity index (χ2v) is 8.77. The monoisotopic (exact) mass is 400 g/mol. The molecule has 1 fully saturated rings. The molecule has 0 radical (unpaired) electrons. The molecule has 152 valence electrons. The van der Waals surface area contributed by atoms with Crippen molar-refractivity contribution in [2.24, 2.45) is 0 Å². The Kier molecular flexibility index (Phi) is 7.45. The van der Waals surface area contributed by atoms with E-state index in [0.717, 1.165) is 56.4 Å². The molecule has 0 atom stereocenters. The molecule has 2 heterocycles. The van der Waals surface area contributed by atoms with Crippen molar-refractivity contribution in [1.82, 2.24) is 15.2 Å². The van der Waals surface area contributed by atoms with Crippen molar-refractivity contribution in [3.63, 3.8) is 0 Å². The van der Waals surface area contributed by atoms with Crippen LogP contribution in [-0.4, -0.2) is 55.1 Å². The second-order valence-electron chi connectivity index (χ2n) is 7.88. The Morgan fingerprint density at radius 1 is 1.25 bits per heavy atom. The van der Waals surface area contributed by atoms with Crippen LogP contribution < -0.4 is 10.2 Å². The highest BCUT2D eigenvalue weighted by atomic mass is 32.1. The minimum Gasteiger partial charge on any atom is -0.369 e. The molecular formula is C22H32N4OS. The molecule has 6 heteroatoms. The van der Waals surface area contributed by atoms with Crippen LogP contribution >= 0.6 is 11.3 Å². The summed E-state index contributed by atoms with van der Waals surface area (Å²) >= 11 is 1.64. The fourth-order valence-corrected chi connectivity index (χ4v) is 4.32. The lowest BCUT2D eigenvalue weighted by Crippen LogP contribution is -2.47. The number of aromatic nitrogens is 1. The third kappa shape index (κ3) is 6.04. The Balaban J connectivity index is 1.31. The minimum absolute atomic E-state index is 0.0740. The summed E-state index contributed by atoms with van der Waals surface area (Å²) < 4.78 is 0. The molecule has 1 N–H and O–H groups in total. The molecule has 2 aromatic rings. The summed E-state index contributed by atoms with van der Waals surface area (Å²) in [5.74, 6) is 0.498. The molecule has 1 saturated heterocycles. The zero-order valence-electron chi connectivity index (χ0n) is 17.3. The van der Waals surface area contributed by atoms with Crippen molar-refractivity contribution in [2.45, 2.75) is 39.5 Å². The molecule has 0 saturated carbocycles. The number of aryl methyl sites for hydroxylation is 1. The predicted molar refractivity (Wildman–Crippen MR) is 117 cm³/mol. The van der Waals surface area contributed by atoms with Gasteiger partial charge in [-0.25, -0.2) is 4.98 Å². The van der Waals surface area contributed by atoms with Crippen LogP contribution in [0.1, 0.15) is 42.5 Å². The van der Waals surface area contributed by atoms with E-state index >= 15 is 0 Å². The van der Waals surface area contributed by atoms with E-state index in [1.165, 1.54) is 11.3 Å². The molecule has 1 aromatic heterocycles. The first kappa shape index (κ1) is 20.8. The fourth-order valence-electron chi connectivity index (χ4n) is 3.48. The van der Waals surface area contributed by atoms with Crippen LogP contribution in [0.4, 0.5) is 5.69 Å².